The Morgan fingerprint density at radius 1 is 1.50 bits per heavy atom. The lowest BCUT2D eigenvalue weighted by atomic mass is 10.1. The summed E-state index contributed by atoms with van der Waals surface area (Å²) in [5.41, 5.74) is 0. The topological polar surface area (TPSA) is 29.5 Å². The molecule has 1 amide bonds. The van der Waals surface area contributed by atoms with Crippen LogP contribution in [0, 0.1) is 5.92 Å². The number of ether oxygens (including phenoxy) is 1. The van der Waals surface area contributed by atoms with Crippen LogP contribution in [0.25, 0.3) is 0 Å². The zero-order valence-electron chi connectivity index (χ0n) is 8.83. The average Bonchev–Trinajstić information content (AvgIpc) is 2.68. The molecule has 2 atom stereocenters. The van der Waals surface area contributed by atoms with Gasteiger partial charge in [0.05, 0.1) is 6.61 Å². The van der Waals surface area contributed by atoms with Crippen molar-refractivity contribution in [2.24, 2.45) is 5.92 Å². The van der Waals surface area contributed by atoms with E-state index in [-0.39, 0.29) is 11.8 Å². The van der Waals surface area contributed by atoms with Crippen LogP contribution in [-0.4, -0.2) is 43.0 Å². The van der Waals surface area contributed by atoms with Gasteiger partial charge in [-0.05, 0) is 12.8 Å². The summed E-state index contributed by atoms with van der Waals surface area (Å²) in [6, 6.07) is 0. The van der Waals surface area contributed by atoms with Crippen molar-refractivity contribution in [3.05, 3.63) is 0 Å². The van der Waals surface area contributed by atoms with Crippen molar-refractivity contribution in [2.45, 2.75) is 25.1 Å². The molecular weight excluding hydrogens is 202 g/mol. The summed E-state index contributed by atoms with van der Waals surface area (Å²) in [4.78, 5) is 13.7. The number of likely N-dealkylation sites (tertiary alicyclic amines) is 1. The highest BCUT2D eigenvalue weighted by Crippen LogP contribution is 2.17. The maximum atomic E-state index is 11.8. The SMILES string of the molecule is COCC(C)C(Cl)C(=O)N1CCCC1. The highest BCUT2D eigenvalue weighted by molar-refractivity contribution is 6.30. The van der Waals surface area contributed by atoms with Crippen LogP contribution in [-0.2, 0) is 9.53 Å². The number of halogens is 1. The first-order valence-electron chi connectivity index (χ1n) is 5.08. The maximum Gasteiger partial charge on any atom is 0.240 e. The molecular formula is C10H18ClNO2. The molecule has 0 aromatic rings. The Morgan fingerprint density at radius 3 is 2.57 bits per heavy atom. The van der Waals surface area contributed by atoms with E-state index in [1.807, 2.05) is 11.8 Å². The summed E-state index contributed by atoms with van der Waals surface area (Å²) in [6.45, 7) is 4.20. The monoisotopic (exact) mass is 219 g/mol. The Kier molecular flexibility index (Phi) is 4.69. The number of alkyl halides is 1. The first-order chi connectivity index (χ1) is 6.66. The van der Waals surface area contributed by atoms with Crippen molar-refractivity contribution in [1.29, 1.82) is 0 Å². The molecule has 0 aromatic heterocycles. The van der Waals surface area contributed by atoms with Gasteiger partial charge in [0.25, 0.3) is 0 Å². The number of carbonyl (C=O) groups is 1. The summed E-state index contributed by atoms with van der Waals surface area (Å²) in [6.07, 6.45) is 2.21. The molecule has 4 heteroatoms. The molecule has 1 aliphatic heterocycles. The molecule has 0 saturated carbocycles. The Labute approximate surface area is 90.4 Å². The number of carbonyl (C=O) groups excluding carboxylic acids is 1. The van der Waals surface area contributed by atoms with E-state index in [0.717, 1.165) is 25.9 Å². The molecule has 1 rings (SSSR count). The van der Waals surface area contributed by atoms with Gasteiger partial charge in [0.1, 0.15) is 5.38 Å². The minimum Gasteiger partial charge on any atom is -0.384 e. The number of methoxy groups -OCH3 is 1. The predicted molar refractivity (Wildman–Crippen MR) is 56.5 cm³/mol. The molecule has 0 aromatic carbocycles. The van der Waals surface area contributed by atoms with Crippen LogP contribution in [0.5, 0.6) is 0 Å². The minimum absolute atomic E-state index is 0.0636. The molecule has 3 nitrogen and oxygen atoms in total. The zero-order chi connectivity index (χ0) is 10.6. The van der Waals surface area contributed by atoms with Crippen LogP contribution < -0.4 is 0 Å². The largest absolute Gasteiger partial charge is 0.384 e. The molecule has 0 radical (unpaired) electrons. The molecule has 0 bridgehead atoms. The smallest absolute Gasteiger partial charge is 0.240 e. The lowest BCUT2D eigenvalue weighted by Gasteiger charge is -2.22. The van der Waals surface area contributed by atoms with Gasteiger partial charge in [0.15, 0.2) is 0 Å². The Bertz CT molecular complexity index is 193. The van der Waals surface area contributed by atoms with Gasteiger partial charge < -0.3 is 9.64 Å². The summed E-state index contributed by atoms with van der Waals surface area (Å²) in [7, 11) is 1.63. The molecule has 14 heavy (non-hydrogen) atoms. The van der Waals surface area contributed by atoms with Crippen LogP contribution in [0.4, 0.5) is 0 Å². The number of hydrogen-bond acceptors (Lipinski definition) is 2. The van der Waals surface area contributed by atoms with E-state index < -0.39 is 5.38 Å². The predicted octanol–water partition coefficient (Wildman–Crippen LogP) is 1.50. The molecule has 0 N–H and O–H groups in total. The van der Waals surface area contributed by atoms with Crippen molar-refractivity contribution in [2.75, 3.05) is 26.8 Å². The number of nitrogens with zero attached hydrogens (tertiary/aromatic N) is 1. The fourth-order valence-electron chi connectivity index (χ4n) is 1.70. The van der Waals surface area contributed by atoms with Crippen molar-refractivity contribution in [3.63, 3.8) is 0 Å². The van der Waals surface area contributed by atoms with Gasteiger partial charge in [0.2, 0.25) is 5.91 Å². The first kappa shape index (κ1) is 11.8. The summed E-state index contributed by atoms with van der Waals surface area (Å²) >= 11 is 6.07. The maximum absolute atomic E-state index is 11.8. The Morgan fingerprint density at radius 2 is 2.07 bits per heavy atom. The Balaban J connectivity index is 2.42. The van der Waals surface area contributed by atoms with Crippen LogP contribution in [0.15, 0.2) is 0 Å². The molecule has 0 aliphatic carbocycles. The van der Waals surface area contributed by atoms with Gasteiger partial charge in [-0.25, -0.2) is 0 Å². The fraction of sp³-hybridized carbons (Fsp3) is 0.900. The summed E-state index contributed by atoms with van der Waals surface area (Å²) in [5.74, 6) is 0.142. The number of amides is 1. The average molecular weight is 220 g/mol. The highest BCUT2D eigenvalue weighted by atomic mass is 35.5. The molecule has 1 aliphatic rings. The standard InChI is InChI=1S/C10H18ClNO2/c1-8(7-14-2)9(11)10(13)12-5-3-4-6-12/h8-9H,3-7H2,1-2H3. The van der Waals surface area contributed by atoms with Gasteiger partial charge in [-0.1, -0.05) is 6.92 Å². The number of rotatable bonds is 4. The molecule has 1 saturated heterocycles. The second-order valence-corrected chi connectivity index (χ2v) is 4.34. The summed E-state index contributed by atoms with van der Waals surface area (Å²) < 4.78 is 4.98. The number of hydrogen-bond donors (Lipinski definition) is 0. The van der Waals surface area contributed by atoms with Gasteiger partial charge in [-0.15, -0.1) is 11.6 Å². The van der Waals surface area contributed by atoms with Gasteiger partial charge in [0, 0.05) is 26.1 Å². The first-order valence-corrected chi connectivity index (χ1v) is 5.52. The van der Waals surface area contributed by atoms with E-state index in [1.165, 1.54) is 0 Å². The zero-order valence-corrected chi connectivity index (χ0v) is 9.59. The third-order valence-corrected chi connectivity index (χ3v) is 3.20. The van der Waals surface area contributed by atoms with E-state index in [0.29, 0.717) is 6.61 Å². The molecule has 0 spiro atoms. The van der Waals surface area contributed by atoms with Crippen molar-refractivity contribution >= 4 is 17.5 Å². The van der Waals surface area contributed by atoms with Crippen LogP contribution in [0.2, 0.25) is 0 Å². The van der Waals surface area contributed by atoms with Crippen molar-refractivity contribution in [3.8, 4) is 0 Å². The van der Waals surface area contributed by atoms with E-state index in [2.05, 4.69) is 0 Å². The molecule has 1 fully saturated rings. The second kappa shape index (κ2) is 5.56. The quantitative estimate of drug-likeness (QED) is 0.671. The van der Waals surface area contributed by atoms with Crippen LogP contribution in [0.1, 0.15) is 19.8 Å². The minimum atomic E-state index is -0.437. The second-order valence-electron chi connectivity index (χ2n) is 3.87. The van der Waals surface area contributed by atoms with E-state index in [1.54, 1.807) is 7.11 Å². The van der Waals surface area contributed by atoms with Crippen LogP contribution >= 0.6 is 11.6 Å². The third kappa shape index (κ3) is 2.85. The van der Waals surface area contributed by atoms with Crippen molar-refractivity contribution in [1.82, 2.24) is 4.90 Å². The van der Waals surface area contributed by atoms with Gasteiger partial charge >= 0.3 is 0 Å². The molecule has 2 unspecified atom stereocenters. The van der Waals surface area contributed by atoms with Crippen LogP contribution in [0.3, 0.4) is 0 Å². The van der Waals surface area contributed by atoms with E-state index >= 15 is 0 Å². The normalized spacial score (nSPS) is 20.9. The fourth-order valence-corrected chi connectivity index (χ4v) is 1.91. The van der Waals surface area contributed by atoms with E-state index in [4.69, 9.17) is 16.3 Å². The van der Waals surface area contributed by atoms with Gasteiger partial charge in [-0.2, -0.15) is 0 Å². The van der Waals surface area contributed by atoms with E-state index in [9.17, 15) is 4.79 Å². The lowest BCUT2D eigenvalue weighted by Crippen LogP contribution is -2.38. The molecule has 82 valence electrons. The third-order valence-electron chi connectivity index (χ3n) is 2.58. The Hall–Kier alpha value is -0.280. The van der Waals surface area contributed by atoms with Gasteiger partial charge in [-0.3, -0.25) is 4.79 Å². The summed E-state index contributed by atoms with van der Waals surface area (Å²) in [5, 5.41) is -0.437. The molecule has 1 heterocycles. The highest BCUT2D eigenvalue weighted by Gasteiger charge is 2.28. The lowest BCUT2D eigenvalue weighted by molar-refractivity contribution is -0.130. The van der Waals surface area contributed by atoms with Crippen molar-refractivity contribution < 1.29 is 9.53 Å².